The van der Waals surface area contributed by atoms with Gasteiger partial charge in [0.2, 0.25) is 5.91 Å². The highest BCUT2D eigenvalue weighted by molar-refractivity contribution is 6.06. The monoisotopic (exact) mass is 466 g/mol. The highest BCUT2D eigenvalue weighted by atomic mass is 16.5. The molecule has 5 rings (SSSR count). The van der Waals surface area contributed by atoms with E-state index in [-0.39, 0.29) is 18.0 Å². The van der Waals surface area contributed by atoms with Crippen LogP contribution in [-0.2, 0) is 17.9 Å². The van der Waals surface area contributed by atoms with Gasteiger partial charge < -0.3 is 14.6 Å². The Morgan fingerprint density at radius 1 is 0.971 bits per heavy atom. The Labute approximate surface area is 202 Å². The summed E-state index contributed by atoms with van der Waals surface area (Å²) in [5.41, 5.74) is 5.47. The Hall–Kier alpha value is -4.39. The van der Waals surface area contributed by atoms with Crippen LogP contribution in [0.4, 0.5) is 5.69 Å². The first-order chi connectivity index (χ1) is 16.9. The second kappa shape index (κ2) is 9.10. The first-order valence-corrected chi connectivity index (χ1v) is 11.4. The zero-order valence-electron chi connectivity index (χ0n) is 19.9. The minimum Gasteiger partial charge on any atom is -0.497 e. The van der Waals surface area contributed by atoms with Gasteiger partial charge in [-0.1, -0.05) is 41.5 Å². The minimum absolute atomic E-state index is 0.000403. The van der Waals surface area contributed by atoms with Crippen LogP contribution in [0.25, 0.3) is 21.9 Å². The van der Waals surface area contributed by atoms with Gasteiger partial charge in [-0.2, -0.15) is 0 Å². The number of benzene rings is 3. The number of methoxy groups -OCH3 is 1. The molecule has 0 spiro atoms. The highest BCUT2D eigenvalue weighted by Gasteiger charge is 2.19. The van der Waals surface area contributed by atoms with Crippen LogP contribution in [0.3, 0.4) is 0 Å². The maximum atomic E-state index is 13.7. The van der Waals surface area contributed by atoms with Crippen molar-refractivity contribution in [3.05, 3.63) is 100 Å². The Kier molecular flexibility index (Phi) is 5.82. The topological polar surface area (TPSA) is 78.2 Å². The van der Waals surface area contributed by atoms with Crippen molar-refractivity contribution in [1.29, 1.82) is 0 Å². The number of aromatic nitrogens is 3. The van der Waals surface area contributed by atoms with Gasteiger partial charge in [-0.15, -0.1) is 0 Å². The molecule has 0 radical (unpaired) electrons. The molecule has 7 heteroatoms. The molecule has 0 unspecified atom stereocenters. The smallest absolute Gasteiger partial charge is 0.278 e. The minimum atomic E-state index is -0.210. The van der Waals surface area contributed by atoms with Crippen molar-refractivity contribution in [1.82, 2.24) is 14.1 Å². The molecule has 1 amide bonds. The first-order valence-electron chi connectivity index (χ1n) is 11.4. The second-order valence-electron chi connectivity index (χ2n) is 8.74. The van der Waals surface area contributed by atoms with Crippen molar-refractivity contribution in [3.63, 3.8) is 0 Å². The average Bonchev–Trinajstić information content (AvgIpc) is 3.15. The van der Waals surface area contributed by atoms with Gasteiger partial charge in [0.1, 0.15) is 23.3 Å². The van der Waals surface area contributed by atoms with E-state index in [4.69, 9.17) is 4.74 Å². The normalized spacial score (nSPS) is 11.2. The molecule has 1 N–H and O–H groups in total. The van der Waals surface area contributed by atoms with Gasteiger partial charge in [0.15, 0.2) is 0 Å². The van der Waals surface area contributed by atoms with Crippen molar-refractivity contribution >= 4 is 33.5 Å². The Bertz CT molecular complexity index is 1600. The number of hydrogen-bond donors (Lipinski definition) is 1. The van der Waals surface area contributed by atoms with E-state index in [2.05, 4.69) is 10.3 Å². The summed E-state index contributed by atoms with van der Waals surface area (Å²) in [6.45, 7) is 4.36. The molecule has 7 nitrogen and oxygen atoms in total. The summed E-state index contributed by atoms with van der Waals surface area (Å²) >= 11 is 0. The molecule has 5 aromatic rings. The van der Waals surface area contributed by atoms with Crippen LogP contribution in [0.15, 0.2) is 77.9 Å². The number of carbonyl (C=O) groups excluding carboxylic acids is 1. The summed E-state index contributed by atoms with van der Waals surface area (Å²) in [4.78, 5) is 31.3. The first kappa shape index (κ1) is 22.4. The quantitative estimate of drug-likeness (QED) is 0.395. The van der Waals surface area contributed by atoms with E-state index in [1.165, 1.54) is 0 Å². The summed E-state index contributed by atoms with van der Waals surface area (Å²) < 4.78 is 8.57. The lowest BCUT2D eigenvalue weighted by Crippen LogP contribution is -2.25. The zero-order valence-corrected chi connectivity index (χ0v) is 19.9. The zero-order chi connectivity index (χ0) is 24.5. The van der Waals surface area contributed by atoms with Gasteiger partial charge in [-0.25, -0.2) is 4.98 Å². The van der Waals surface area contributed by atoms with Gasteiger partial charge in [-0.05, 0) is 55.8 Å². The van der Waals surface area contributed by atoms with E-state index >= 15 is 0 Å². The molecule has 0 saturated carbocycles. The number of ether oxygens (including phenoxy) is 1. The van der Waals surface area contributed by atoms with Crippen LogP contribution in [0.2, 0.25) is 0 Å². The number of carbonyl (C=O) groups is 1. The Balaban J connectivity index is 1.57. The molecule has 2 heterocycles. The molecule has 0 saturated heterocycles. The molecular weight excluding hydrogens is 440 g/mol. The molecule has 2 aromatic heterocycles. The summed E-state index contributed by atoms with van der Waals surface area (Å²) in [6, 6.07) is 21.1. The third kappa shape index (κ3) is 4.40. The van der Waals surface area contributed by atoms with Crippen molar-refractivity contribution in [2.24, 2.45) is 0 Å². The van der Waals surface area contributed by atoms with Gasteiger partial charge in [0.05, 0.1) is 25.5 Å². The number of rotatable bonds is 6. The lowest BCUT2D eigenvalue weighted by molar-refractivity contribution is -0.116. The van der Waals surface area contributed by atoms with Crippen LogP contribution in [0.5, 0.6) is 5.75 Å². The number of nitrogens with one attached hydrogen (secondary N) is 1. The number of hydrogen-bond acceptors (Lipinski definition) is 4. The van der Waals surface area contributed by atoms with Crippen molar-refractivity contribution in [3.8, 4) is 5.75 Å². The molecule has 0 bridgehead atoms. The van der Waals surface area contributed by atoms with Gasteiger partial charge in [0, 0.05) is 11.1 Å². The van der Waals surface area contributed by atoms with Crippen LogP contribution in [0.1, 0.15) is 16.7 Å². The lowest BCUT2D eigenvalue weighted by Gasteiger charge is -2.10. The van der Waals surface area contributed by atoms with Gasteiger partial charge >= 0.3 is 0 Å². The number of amides is 1. The number of nitrogens with zero attached hydrogens (tertiary/aromatic N) is 3. The van der Waals surface area contributed by atoms with E-state index < -0.39 is 0 Å². The van der Waals surface area contributed by atoms with Gasteiger partial charge in [-0.3, -0.25) is 14.2 Å². The molecule has 0 fully saturated rings. The third-order valence-corrected chi connectivity index (χ3v) is 6.13. The van der Waals surface area contributed by atoms with Crippen molar-refractivity contribution in [2.75, 3.05) is 12.4 Å². The van der Waals surface area contributed by atoms with E-state index in [0.29, 0.717) is 23.3 Å². The second-order valence-corrected chi connectivity index (χ2v) is 8.74. The predicted molar refractivity (Wildman–Crippen MR) is 138 cm³/mol. The predicted octanol–water partition coefficient (Wildman–Crippen LogP) is 4.66. The fourth-order valence-corrected chi connectivity index (χ4v) is 4.30. The molecule has 0 aliphatic heterocycles. The van der Waals surface area contributed by atoms with Gasteiger partial charge in [0.25, 0.3) is 5.56 Å². The average molecular weight is 467 g/mol. The molecular formula is C28H26N4O3. The third-order valence-electron chi connectivity index (χ3n) is 6.13. The van der Waals surface area contributed by atoms with Crippen molar-refractivity contribution < 1.29 is 9.53 Å². The summed E-state index contributed by atoms with van der Waals surface area (Å²) in [6.07, 6.45) is 1.58. The summed E-state index contributed by atoms with van der Waals surface area (Å²) in [5, 5.41) is 3.79. The summed E-state index contributed by atoms with van der Waals surface area (Å²) in [7, 11) is 1.62. The highest BCUT2D eigenvalue weighted by Crippen LogP contribution is 2.27. The SMILES string of the molecule is COc1ccc(Cn2cnc3c4cc(C)ccc4n(CC(=O)Nc4ccc(C)cc4)c3c2=O)cc1. The van der Waals surface area contributed by atoms with E-state index in [1.54, 1.807) is 22.6 Å². The molecule has 176 valence electrons. The van der Waals surface area contributed by atoms with Crippen LogP contribution < -0.4 is 15.6 Å². The summed E-state index contributed by atoms with van der Waals surface area (Å²) in [5.74, 6) is 0.544. The van der Waals surface area contributed by atoms with E-state index in [9.17, 15) is 9.59 Å². The maximum absolute atomic E-state index is 13.7. The largest absolute Gasteiger partial charge is 0.497 e. The number of aryl methyl sites for hydroxylation is 2. The molecule has 35 heavy (non-hydrogen) atoms. The molecule has 0 atom stereocenters. The van der Waals surface area contributed by atoms with Crippen LogP contribution in [-0.4, -0.2) is 27.1 Å². The Morgan fingerprint density at radius 3 is 2.40 bits per heavy atom. The van der Waals surface area contributed by atoms with E-state index in [0.717, 1.165) is 33.3 Å². The number of fused-ring (bicyclic) bond motifs is 3. The fourth-order valence-electron chi connectivity index (χ4n) is 4.30. The molecule has 0 aliphatic rings. The number of anilines is 1. The van der Waals surface area contributed by atoms with Crippen LogP contribution in [0, 0.1) is 13.8 Å². The van der Waals surface area contributed by atoms with Crippen LogP contribution >= 0.6 is 0 Å². The molecule has 0 aliphatic carbocycles. The maximum Gasteiger partial charge on any atom is 0.278 e. The van der Waals surface area contributed by atoms with Crippen molar-refractivity contribution in [2.45, 2.75) is 26.9 Å². The fraction of sp³-hybridized carbons (Fsp3) is 0.179. The standard InChI is InChI=1S/C28H26N4O3/c1-18-4-9-21(10-5-18)30-25(33)16-32-24-13-6-19(2)14-23(24)26-27(32)28(34)31(17-29-26)15-20-7-11-22(35-3)12-8-20/h4-14,17H,15-16H2,1-3H3,(H,30,33). The molecule has 3 aromatic carbocycles. The lowest BCUT2D eigenvalue weighted by atomic mass is 10.1. The Morgan fingerprint density at radius 2 is 1.69 bits per heavy atom. The van der Waals surface area contributed by atoms with E-state index in [1.807, 2.05) is 80.6 Å².